The van der Waals surface area contributed by atoms with Crippen molar-refractivity contribution in [3.05, 3.63) is 29.8 Å². The summed E-state index contributed by atoms with van der Waals surface area (Å²) in [6.45, 7) is 6.27. The summed E-state index contributed by atoms with van der Waals surface area (Å²) in [4.78, 5) is 0.293. The van der Waals surface area contributed by atoms with Crippen molar-refractivity contribution in [3.63, 3.8) is 0 Å². The first-order valence-electron chi connectivity index (χ1n) is 6.61. The third-order valence-electron chi connectivity index (χ3n) is 3.33. The van der Waals surface area contributed by atoms with Gasteiger partial charge in [0.05, 0.1) is 4.90 Å². The maximum atomic E-state index is 12.1. The highest BCUT2D eigenvalue weighted by molar-refractivity contribution is 7.89. The van der Waals surface area contributed by atoms with Gasteiger partial charge in [0, 0.05) is 11.9 Å². The predicted molar refractivity (Wildman–Crippen MR) is 80.1 cm³/mol. The van der Waals surface area contributed by atoms with E-state index >= 15 is 0 Å². The highest BCUT2D eigenvalue weighted by Gasteiger charge is 2.20. The van der Waals surface area contributed by atoms with Crippen LogP contribution in [-0.4, -0.2) is 20.3 Å². The van der Waals surface area contributed by atoms with Crippen LogP contribution in [0.1, 0.15) is 32.3 Å². The molecule has 0 aliphatic carbocycles. The van der Waals surface area contributed by atoms with Gasteiger partial charge in [-0.15, -0.1) is 11.6 Å². The molecule has 0 fully saturated rings. The second-order valence-corrected chi connectivity index (χ2v) is 7.09. The van der Waals surface area contributed by atoms with Gasteiger partial charge < -0.3 is 0 Å². The number of nitrogens with one attached hydrogen (secondary N) is 1. The quantitative estimate of drug-likeness (QED) is 0.786. The molecular weight excluding hydrogens is 282 g/mol. The fourth-order valence-corrected chi connectivity index (χ4v) is 3.71. The minimum Gasteiger partial charge on any atom is -0.210 e. The van der Waals surface area contributed by atoms with E-state index in [0.29, 0.717) is 10.8 Å². The number of alkyl halides is 1. The van der Waals surface area contributed by atoms with Crippen LogP contribution in [0.4, 0.5) is 0 Å². The number of aryl methyl sites for hydroxylation is 1. The number of hydrogen-bond acceptors (Lipinski definition) is 2. The van der Waals surface area contributed by atoms with Crippen LogP contribution in [0.15, 0.2) is 29.2 Å². The molecule has 0 heterocycles. The number of benzene rings is 1. The molecule has 0 radical (unpaired) electrons. The third-order valence-corrected chi connectivity index (χ3v) is 5.26. The van der Waals surface area contributed by atoms with Gasteiger partial charge in [0.15, 0.2) is 0 Å². The summed E-state index contributed by atoms with van der Waals surface area (Å²) < 4.78 is 26.8. The first-order chi connectivity index (χ1) is 8.90. The van der Waals surface area contributed by atoms with Crippen LogP contribution in [0, 0.1) is 12.8 Å². The van der Waals surface area contributed by atoms with E-state index in [9.17, 15) is 8.42 Å². The Hall–Kier alpha value is -0.580. The van der Waals surface area contributed by atoms with E-state index in [0.717, 1.165) is 18.4 Å². The van der Waals surface area contributed by atoms with Crippen molar-refractivity contribution in [1.29, 1.82) is 0 Å². The van der Waals surface area contributed by atoms with Crippen LogP contribution in [-0.2, 0) is 10.0 Å². The Balaban J connectivity index is 2.71. The van der Waals surface area contributed by atoms with Crippen molar-refractivity contribution in [2.45, 2.75) is 43.9 Å². The lowest BCUT2D eigenvalue weighted by atomic mass is 9.99. The van der Waals surface area contributed by atoms with E-state index < -0.39 is 10.0 Å². The van der Waals surface area contributed by atoms with Crippen molar-refractivity contribution in [2.24, 2.45) is 5.92 Å². The van der Waals surface area contributed by atoms with Gasteiger partial charge >= 0.3 is 0 Å². The molecular formula is C14H22ClNO2S. The standard InChI is InChI=1S/C14H22ClNO2S/c1-4-12(5-2)14(15)10-16-19(17,18)13-8-6-7-11(3)9-13/h6-9,12,14,16H,4-5,10H2,1-3H3. The van der Waals surface area contributed by atoms with Crippen LogP contribution in [0.5, 0.6) is 0 Å². The van der Waals surface area contributed by atoms with E-state index in [4.69, 9.17) is 11.6 Å². The second kappa shape index (κ2) is 7.27. The Bertz CT molecular complexity index is 498. The molecule has 0 saturated heterocycles. The minimum atomic E-state index is -3.46. The summed E-state index contributed by atoms with van der Waals surface area (Å²) >= 11 is 6.24. The van der Waals surface area contributed by atoms with Gasteiger partial charge in [0.1, 0.15) is 0 Å². The number of sulfonamides is 1. The van der Waals surface area contributed by atoms with Crippen LogP contribution < -0.4 is 4.72 Å². The largest absolute Gasteiger partial charge is 0.240 e. The van der Waals surface area contributed by atoms with Gasteiger partial charge in [-0.2, -0.15) is 0 Å². The summed E-state index contributed by atoms with van der Waals surface area (Å²) in [7, 11) is -3.46. The maximum absolute atomic E-state index is 12.1. The fraction of sp³-hybridized carbons (Fsp3) is 0.571. The lowest BCUT2D eigenvalue weighted by Crippen LogP contribution is -2.33. The Labute approximate surface area is 121 Å². The topological polar surface area (TPSA) is 46.2 Å². The summed E-state index contributed by atoms with van der Waals surface area (Å²) in [6.07, 6.45) is 1.91. The maximum Gasteiger partial charge on any atom is 0.240 e. The molecule has 1 unspecified atom stereocenters. The number of halogens is 1. The molecule has 0 saturated carbocycles. The van der Waals surface area contributed by atoms with Gasteiger partial charge in [-0.25, -0.2) is 13.1 Å². The zero-order chi connectivity index (χ0) is 14.5. The molecule has 1 rings (SSSR count). The van der Waals surface area contributed by atoms with Gasteiger partial charge in [-0.05, 0) is 30.5 Å². The smallest absolute Gasteiger partial charge is 0.210 e. The molecule has 0 aromatic heterocycles. The SMILES string of the molecule is CCC(CC)C(Cl)CNS(=O)(=O)c1cccc(C)c1. The average Bonchev–Trinajstić information content (AvgIpc) is 2.38. The first kappa shape index (κ1) is 16.5. The summed E-state index contributed by atoms with van der Waals surface area (Å²) in [5.74, 6) is 0.335. The lowest BCUT2D eigenvalue weighted by Gasteiger charge is -2.19. The fourth-order valence-electron chi connectivity index (χ4n) is 2.02. The summed E-state index contributed by atoms with van der Waals surface area (Å²) in [5.41, 5.74) is 0.922. The van der Waals surface area contributed by atoms with Crippen molar-refractivity contribution in [2.75, 3.05) is 6.54 Å². The van der Waals surface area contributed by atoms with E-state index in [1.54, 1.807) is 18.2 Å². The van der Waals surface area contributed by atoms with Crippen molar-refractivity contribution in [1.82, 2.24) is 4.72 Å². The van der Waals surface area contributed by atoms with E-state index in [1.807, 2.05) is 13.0 Å². The highest BCUT2D eigenvalue weighted by Crippen LogP contribution is 2.18. The number of rotatable bonds is 7. The lowest BCUT2D eigenvalue weighted by molar-refractivity contribution is 0.460. The monoisotopic (exact) mass is 303 g/mol. The molecule has 1 aromatic rings. The normalized spacial score (nSPS) is 13.7. The summed E-state index contributed by atoms with van der Waals surface area (Å²) in [5, 5.41) is -0.172. The van der Waals surface area contributed by atoms with Crippen molar-refractivity contribution >= 4 is 21.6 Å². The van der Waals surface area contributed by atoms with Crippen molar-refractivity contribution in [3.8, 4) is 0 Å². The zero-order valence-corrected chi connectivity index (χ0v) is 13.3. The Morgan fingerprint density at radius 1 is 1.26 bits per heavy atom. The highest BCUT2D eigenvalue weighted by atomic mass is 35.5. The van der Waals surface area contributed by atoms with Crippen LogP contribution >= 0.6 is 11.6 Å². The zero-order valence-electron chi connectivity index (χ0n) is 11.7. The van der Waals surface area contributed by atoms with E-state index in [-0.39, 0.29) is 11.9 Å². The van der Waals surface area contributed by atoms with Gasteiger partial charge in [0.2, 0.25) is 10.0 Å². The molecule has 5 heteroatoms. The average molecular weight is 304 g/mol. The molecule has 108 valence electrons. The second-order valence-electron chi connectivity index (χ2n) is 4.76. The van der Waals surface area contributed by atoms with Gasteiger partial charge in [-0.1, -0.05) is 38.8 Å². The molecule has 0 aliphatic rings. The minimum absolute atomic E-state index is 0.172. The van der Waals surface area contributed by atoms with Crippen molar-refractivity contribution < 1.29 is 8.42 Å². The van der Waals surface area contributed by atoms with Crippen LogP contribution in [0.3, 0.4) is 0 Å². The molecule has 1 atom stereocenters. The Morgan fingerprint density at radius 2 is 1.89 bits per heavy atom. The molecule has 1 aromatic carbocycles. The molecule has 0 amide bonds. The number of hydrogen-bond donors (Lipinski definition) is 1. The summed E-state index contributed by atoms with van der Waals surface area (Å²) in [6, 6.07) is 6.86. The van der Waals surface area contributed by atoms with E-state index in [2.05, 4.69) is 18.6 Å². The Kier molecular flexibility index (Phi) is 6.30. The molecule has 1 N–H and O–H groups in total. The molecule has 0 spiro atoms. The third kappa shape index (κ3) is 4.79. The Morgan fingerprint density at radius 3 is 2.42 bits per heavy atom. The molecule has 0 bridgehead atoms. The predicted octanol–water partition coefficient (Wildman–Crippen LogP) is 3.32. The van der Waals surface area contributed by atoms with Gasteiger partial charge in [-0.3, -0.25) is 0 Å². The van der Waals surface area contributed by atoms with Crippen LogP contribution in [0.25, 0.3) is 0 Å². The van der Waals surface area contributed by atoms with E-state index in [1.165, 1.54) is 0 Å². The van der Waals surface area contributed by atoms with Crippen LogP contribution in [0.2, 0.25) is 0 Å². The molecule has 3 nitrogen and oxygen atoms in total. The molecule has 0 aliphatic heterocycles. The first-order valence-corrected chi connectivity index (χ1v) is 8.53. The van der Waals surface area contributed by atoms with Gasteiger partial charge in [0.25, 0.3) is 0 Å². The molecule has 19 heavy (non-hydrogen) atoms.